The Morgan fingerprint density at radius 1 is 1.16 bits per heavy atom. The molecule has 0 radical (unpaired) electrons. The van der Waals surface area contributed by atoms with Gasteiger partial charge in [0.25, 0.3) is 0 Å². The molecular weight excluding hydrogens is 324 g/mol. The minimum absolute atomic E-state index is 0.0468. The van der Waals surface area contributed by atoms with Gasteiger partial charge in [0.15, 0.2) is 0 Å². The minimum atomic E-state index is -0.650. The molecule has 7 nitrogen and oxygen atoms in total. The molecule has 1 fully saturated rings. The molecule has 1 aliphatic heterocycles. The molecule has 1 aromatic rings. The van der Waals surface area contributed by atoms with Crippen LogP contribution in [0.2, 0.25) is 0 Å². The number of benzene rings is 1. The molecule has 0 unspecified atom stereocenters. The van der Waals surface area contributed by atoms with Gasteiger partial charge in [-0.3, -0.25) is 9.69 Å². The topological polar surface area (TPSA) is 76.2 Å². The van der Waals surface area contributed by atoms with Crippen molar-refractivity contribution >= 4 is 18.0 Å². The first-order valence-corrected chi connectivity index (χ1v) is 8.04. The Labute approximate surface area is 147 Å². The zero-order chi connectivity index (χ0) is 18.8. The van der Waals surface area contributed by atoms with Crippen LogP contribution in [0.1, 0.15) is 42.7 Å². The fraction of sp³-hybridized carbons (Fsp3) is 0.500. The van der Waals surface area contributed by atoms with E-state index in [0.717, 1.165) is 5.56 Å². The van der Waals surface area contributed by atoms with Crippen molar-refractivity contribution in [2.45, 2.75) is 32.4 Å². The molecule has 2 amide bonds. The maximum Gasteiger partial charge on any atom is 0.411 e. The molecule has 1 atom stereocenters. The van der Waals surface area contributed by atoms with Crippen LogP contribution in [0.25, 0.3) is 0 Å². The third kappa shape index (κ3) is 4.49. The van der Waals surface area contributed by atoms with E-state index in [2.05, 4.69) is 0 Å². The first kappa shape index (κ1) is 18.8. The highest BCUT2D eigenvalue weighted by Crippen LogP contribution is 2.27. The van der Waals surface area contributed by atoms with E-state index in [1.807, 2.05) is 0 Å². The van der Waals surface area contributed by atoms with Crippen LogP contribution in [0.5, 0.6) is 0 Å². The summed E-state index contributed by atoms with van der Waals surface area (Å²) in [7, 11) is 3.02. The second-order valence-electron chi connectivity index (χ2n) is 7.01. The number of methoxy groups -OCH3 is 1. The predicted molar refractivity (Wildman–Crippen MR) is 91.1 cm³/mol. The maximum absolute atomic E-state index is 12.5. The van der Waals surface area contributed by atoms with Crippen LogP contribution in [0.4, 0.5) is 4.79 Å². The first-order valence-electron chi connectivity index (χ1n) is 8.04. The van der Waals surface area contributed by atoms with Gasteiger partial charge < -0.3 is 14.4 Å². The molecule has 0 aliphatic carbocycles. The Kier molecular flexibility index (Phi) is 5.35. The van der Waals surface area contributed by atoms with Gasteiger partial charge in [-0.1, -0.05) is 12.1 Å². The van der Waals surface area contributed by atoms with Crippen LogP contribution in [-0.4, -0.2) is 60.6 Å². The van der Waals surface area contributed by atoms with E-state index in [0.29, 0.717) is 12.1 Å². The lowest BCUT2D eigenvalue weighted by Gasteiger charge is -2.40. The highest BCUT2D eigenvalue weighted by molar-refractivity contribution is 5.89. The van der Waals surface area contributed by atoms with Gasteiger partial charge >= 0.3 is 12.1 Å². The van der Waals surface area contributed by atoms with Gasteiger partial charge in [0.1, 0.15) is 12.1 Å². The predicted octanol–water partition coefficient (Wildman–Crippen LogP) is 2.22. The van der Waals surface area contributed by atoms with Gasteiger partial charge in [-0.05, 0) is 38.5 Å². The van der Waals surface area contributed by atoms with Crippen molar-refractivity contribution in [2.75, 3.05) is 27.2 Å². The van der Waals surface area contributed by atoms with Crippen molar-refractivity contribution in [3.05, 3.63) is 35.4 Å². The van der Waals surface area contributed by atoms with Crippen LogP contribution in [0.15, 0.2) is 24.3 Å². The third-order valence-electron chi connectivity index (χ3n) is 3.90. The SMILES string of the molecule is COC(=O)c1ccc([C@@H]2CN(C)C(=O)CN2C(=O)OC(C)(C)C)cc1. The van der Waals surface area contributed by atoms with Gasteiger partial charge in [-0.2, -0.15) is 0 Å². The van der Waals surface area contributed by atoms with E-state index < -0.39 is 17.7 Å². The number of hydrogen-bond donors (Lipinski definition) is 0. The molecule has 7 heteroatoms. The quantitative estimate of drug-likeness (QED) is 0.766. The number of piperazine rings is 1. The summed E-state index contributed by atoms with van der Waals surface area (Å²) in [5.74, 6) is -0.570. The third-order valence-corrected chi connectivity index (χ3v) is 3.90. The number of ether oxygens (including phenoxy) is 2. The van der Waals surface area contributed by atoms with E-state index in [1.54, 1.807) is 57.0 Å². The normalized spacial score (nSPS) is 18.1. The number of likely N-dealkylation sites (N-methyl/N-ethyl adjacent to an activating group) is 1. The lowest BCUT2D eigenvalue weighted by molar-refractivity contribution is -0.136. The summed E-state index contributed by atoms with van der Waals surface area (Å²) in [6.45, 7) is 5.65. The zero-order valence-corrected chi connectivity index (χ0v) is 15.2. The maximum atomic E-state index is 12.5. The van der Waals surface area contributed by atoms with Crippen molar-refractivity contribution in [1.82, 2.24) is 9.80 Å². The second-order valence-corrected chi connectivity index (χ2v) is 7.01. The number of esters is 1. The molecule has 0 aromatic heterocycles. The van der Waals surface area contributed by atoms with Gasteiger partial charge in [0.2, 0.25) is 5.91 Å². The van der Waals surface area contributed by atoms with Gasteiger partial charge in [0.05, 0.1) is 18.7 Å². The van der Waals surface area contributed by atoms with E-state index >= 15 is 0 Å². The molecule has 1 heterocycles. The molecule has 25 heavy (non-hydrogen) atoms. The average Bonchev–Trinajstić information content (AvgIpc) is 2.54. The Morgan fingerprint density at radius 3 is 2.28 bits per heavy atom. The standard InChI is InChI=1S/C18H24N2O5/c1-18(2,3)25-17(23)20-11-15(21)19(4)10-14(20)12-6-8-13(9-7-12)16(22)24-5/h6-9,14H,10-11H2,1-5H3/t14-/m0/s1. The monoisotopic (exact) mass is 348 g/mol. The molecule has 2 rings (SSSR count). The summed E-state index contributed by atoms with van der Waals surface area (Å²) >= 11 is 0. The van der Waals surface area contributed by atoms with E-state index in [1.165, 1.54) is 12.0 Å². The summed E-state index contributed by atoms with van der Waals surface area (Å²) in [4.78, 5) is 39.2. The molecule has 1 saturated heterocycles. The Balaban J connectivity index is 2.28. The molecule has 1 aromatic carbocycles. The van der Waals surface area contributed by atoms with E-state index in [-0.39, 0.29) is 18.5 Å². The van der Waals surface area contributed by atoms with Crippen molar-refractivity contribution in [3.8, 4) is 0 Å². The molecule has 0 N–H and O–H groups in total. The van der Waals surface area contributed by atoms with Crippen LogP contribution < -0.4 is 0 Å². The summed E-state index contributed by atoms with van der Waals surface area (Å²) in [5, 5.41) is 0. The fourth-order valence-electron chi connectivity index (χ4n) is 2.59. The number of carbonyl (C=O) groups is 3. The smallest absolute Gasteiger partial charge is 0.411 e. The number of hydrogen-bond acceptors (Lipinski definition) is 5. The average molecular weight is 348 g/mol. The number of rotatable bonds is 2. The van der Waals surface area contributed by atoms with Crippen molar-refractivity contribution < 1.29 is 23.9 Å². The largest absolute Gasteiger partial charge is 0.465 e. The number of carbonyl (C=O) groups excluding carboxylic acids is 3. The minimum Gasteiger partial charge on any atom is -0.465 e. The fourth-order valence-corrected chi connectivity index (χ4v) is 2.59. The Bertz CT molecular complexity index is 663. The molecular formula is C18H24N2O5. The van der Waals surface area contributed by atoms with Gasteiger partial charge in [-0.25, -0.2) is 9.59 Å². The van der Waals surface area contributed by atoms with Crippen molar-refractivity contribution in [2.24, 2.45) is 0 Å². The second kappa shape index (κ2) is 7.13. The highest BCUT2D eigenvalue weighted by Gasteiger charge is 2.36. The lowest BCUT2D eigenvalue weighted by atomic mass is 10.0. The van der Waals surface area contributed by atoms with E-state index in [4.69, 9.17) is 9.47 Å². The van der Waals surface area contributed by atoms with Gasteiger partial charge in [-0.15, -0.1) is 0 Å². The zero-order valence-electron chi connectivity index (χ0n) is 15.2. The van der Waals surface area contributed by atoms with Crippen LogP contribution >= 0.6 is 0 Å². The summed E-state index contributed by atoms with van der Waals surface area (Å²) < 4.78 is 10.1. The van der Waals surface area contributed by atoms with Crippen molar-refractivity contribution in [3.63, 3.8) is 0 Å². The summed E-state index contributed by atoms with van der Waals surface area (Å²) in [6, 6.07) is 6.47. The number of amides is 2. The van der Waals surface area contributed by atoms with Crippen LogP contribution in [-0.2, 0) is 14.3 Å². The number of nitrogens with zero attached hydrogens (tertiary/aromatic N) is 2. The molecule has 1 aliphatic rings. The van der Waals surface area contributed by atoms with Gasteiger partial charge in [0, 0.05) is 13.6 Å². The first-order chi connectivity index (χ1) is 11.6. The highest BCUT2D eigenvalue weighted by atomic mass is 16.6. The molecule has 0 saturated carbocycles. The van der Waals surface area contributed by atoms with E-state index in [9.17, 15) is 14.4 Å². The Hall–Kier alpha value is -2.57. The summed E-state index contributed by atoms with van der Waals surface area (Å²) in [5.41, 5.74) is 0.594. The summed E-state index contributed by atoms with van der Waals surface area (Å²) in [6.07, 6.45) is -0.531. The molecule has 0 bridgehead atoms. The van der Waals surface area contributed by atoms with Crippen LogP contribution in [0.3, 0.4) is 0 Å². The van der Waals surface area contributed by atoms with Crippen LogP contribution in [0, 0.1) is 0 Å². The lowest BCUT2D eigenvalue weighted by Crippen LogP contribution is -2.53. The Morgan fingerprint density at radius 2 is 1.76 bits per heavy atom. The van der Waals surface area contributed by atoms with Crippen molar-refractivity contribution in [1.29, 1.82) is 0 Å². The molecule has 136 valence electrons. The molecule has 0 spiro atoms.